The fraction of sp³-hybridized carbons (Fsp3) is 0.692. The summed E-state index contributed by atoms with van der Waals surface area (Å²) in [6.07, 6.45) is 1.06. The molecule has 0 spiro atoms. The molecule has 0 saturated carbocycles. The maximum absolute atomic E-state index is 4.69. The zero-order chi connectivity index (χ0) is 13.0. The molecule has 0 aromatic carbocycles. The van der Waals surface area contributed by atoms with Gasteiger partial charge in [0.25, 0.3) is 0 Å². The summed E-state index contributed by atoms with van der Waals surface area (Å²) in [4.78, 5) is 9.29. The van der Waals surface area contributed by atoms with Crippen LogP contribution in [0.3, 0.4) is 0 Å². The first-order valence-electron chi connectivity index (χ1n) is 6.32. The summed E-state index contributed by atoms with van der Waals surface area (Å²) < 4.78 is 1.00. The van der Waals surface area contributed by atoms with Gasteiger partial charge in [0.2, 0.25) is 0 Å². The average Bonchev–Trinajstić information content (AvgIpc) is 2.30. The minimum Gasteiger partial charge on any atom is -0.369 e. The number of rotatable bonds is 5. The molecule has 96 valence electrons. The molecule has 0 fully saturated rings. The topological polar surface area (TPSA) is 37.8 Å². The van der Waals surface area contributed by atoms with Crippen molar-refractivity contribution in [1.82, 2.24) is 9.97 Å². The molecule has 1 rings (SSSR count). The van der Waals surface area contributed by atoms with E-state index in [1.54, 1.807) is 0 Å². The van der Waals surface area contributed by atoms with Crippen molar-refractivity contribution >= 4 is 21.7 Å². The highest BCUT2D eigenvalue weighted by Crippen LogP contribution is 2.30. The van der Waals surface area contributed by atoms with Crippen LogP contribution in [0.4, 0.5) is 5.82 Å². The van der Waals surface area contributed by atoms with Gasteiger partial charge in [-0.15, -0.1) is 0 Å². The second kappa shape index (κ2) is 6.34. The van der Waals surface area contributed by atoms with Crippen molar-refractivity contribution < 1.29 is 0 Å². The van der Waals surface area contributed by atoms with E-state index in [2.05, 4.69) is 65.8 Å². The molecule has 17 heavy (non-hydrogen) atoms. The maximum Gasteiger partial charge on any atom is 0.144 e. The van der Waals surface area contributed by atoms with Gasteiger partial charge in [-0.2, -0.15) is 0 Å². The molecule has 0 saturated heterocycles. The van der Waals surface area contributed by atoms with Crippen LogP contribution in [0.15, 0.2) is 4.47 Å². The second-order valence-electron chi connectivity index (χ2n) is 4.62. The number of anilines is 1. The number of nitrogens with zero attached hydrogens (tertiary/aromatic N) is 2. The lowest BCUT2D eigenvalue weighted by molar-refractivity contribution is 0.660. The van der Waals surface area contributed by atoms with Crippen LogP contribution in [0, 0.1) is 0 Å². The van der Waals surface area contributed by atoms with E-state index < -0.39 is 0 Å². The Labute approximate surface area is 113 Å². The lowest BCUT2D eigenvalue weighted by Gasteiger charge is -2.16. The Morgan fingerprint density at radius 1 is 1.18 bits per heavy atom. The molecular weight excluding hydrogens is 278 g/mol. The van der Waals surface area contributed by atoms with Gasteiger partial charge in [0, 0.05) is 12.5 Å². The summed E-state index contributed by atoms with van der Waals surface area (Å²) in [5.41, 5.74) is 1.09. The summed E-state index contributed by atoms with van der Waals surface area (Å²) >= 11 is 3.60. The third kappa shape index (κ3) is 3.41. The molecule has 3 nitrogen and oxygen atoms in total. The predicted octanol–water partition coefficient (Wildman–Crippen LogP) is 4.31. The zero-order valence-corrected chi connectivity index (χ0v) is 12.9. The van der Waals surface area contributed by atoms with Gasteiger partial charge in [0.05, 0.1) is 10.2 Å². The van der Waals surface area contributed by atoms with Crippen molar-refractivity contribution in [3.8, 4) is 0 Å². The lowest BCUT2D eigenvalue weighted by Crippen LogP contribution is -2.10. The molecule has 1 aromatic heterocycles. The van der Waals surface area contributed by atoms with Crippen molar-refractivity contribution in [3.63, 3.8) is 0 Å². The Morgan fingerprint density at radius 2 is 1.82 bits per heavy atom. The highest BCUT2D eigenvalue weighted by Gasteiger charge is 2.16. The van der Waals surface area contributed by atoms with Crippen molar-refractivity contribution in [2.24, 2.45) is 0 Å². The molecule has 0 amide bonds. The summed E-state index contributed by atoms with van der Waals surface area (Å²) in [6, 6.07) is 0. The number of aromatic nitrogens is 2. The smallest absolute Gasteiger partial charge is 0.144 e. The lowest BCUT2D eigenvalue weighted by atomic mass is 10.1. The van der Waals surface area contributed by atoms with E-state index in [1.807, 2.05) is 0 Å². The molecule has 1 unspecified atom stereocenters. The van der Waals surface area contributed by atoms with E-state index in [-0.39, 0.29) is 0 Å². The number of hydrogen-bond acceptors (Lipinski definition) is 3. The third-order valence-corrected chi connectivity index (χ3v) is 3.62. The monoisotopic (exact) mass is 299 g/mol. The second-order valence-corrected chi connectivity index (χ2v) is 5.42. The van der Waals surface area contributed by atoms with Gasteiger partial charge in [0.15, 0.2) is 0 Å². The van der Waals surface area contributed by atoms with Crippen LogP contribution in [0.5, 0.6) is 0 Å². The highest BCUT2D eigenvalue weighted by molar-refractivity contribution is 9.10. The van der Waals surface area contributed by atoms with Crippen LogP contribution in [-0.2, 0) is 0 Å². The largest absolute Gasteiger partial charge is 0.369 e. The first-order valence-corrected chi connectivity index (χ1v) is 7.11. The summed E-state index contributed by atoms with van der Waals surface area (Å²) in [7, 11) is 0. The SMILES string of the molecule is CCNc1nc(C(C)CC)nc(C(C)C)c1Br. The van der Waals surface area contributed by atoms with Crippen molar-refractivity contribution in [2.45, 2.75) is 52.9 Å². The predicted molar refractivity (Wildman–Crippen MR) is 76.7 cm³/mol. The summed E-state index contributed by atoms with van der Waals surface area (Å²) in [5.74, 6) is 2.66. The van der Waals surface area contributed by atoms with Crippen molar-refractivity contribution in [3.05, 3.63) is 16.0 Å². The van der Waals surface area contributed by atoms with Crippen LogP contribution >= 0.6 is 15.9 Å². The van der Waals surface area contributed by atoms with Crippen molar-refractivity contribution in [2.75, 3.05) is 11.9 Å². The molecule has 0 bridgehead atoms. The van der Waals surface area contributed by atoms with Gasteiger partial charge >= 0.3 is 0 Å². The minimum absolute atomic E-state index is 0.396. The quantitative estimate of drug-likeness (QED) is 0.880. The molecule has 0 radical (unpaired) electrons. The highest BCUT2D eigenvalue weighted by atomic mass is 79.9. The molecule has 1 heterocycles. The summed E-state index contributed by atoms with van der Waals surface area (Å²) in [5, 5.41) is 3.29. The number of hydrogen-bond donors (Lipinski definition) is 1. The van der Waals surface area contributed by atoms with E-state index in [0.29, 0.717) is 11.8 Å². The van der Waals surface area contributed by atoms with E-state index in [1.165, 1.54) is 0 Å². The standard InChI is InChI=1S/C13H22BrN3/c1-6-9(5)12-16-11(8(3)4)10(14)13(17-12)15-7-2/h8-9H,6-7H2,1-5H3,(H,15,16,17). The Kier molecular flexibility index (Phi) is 5.37. The van der Waals surface area contributed by atoms with Crippen molar-refractivity contribution in [1.29, 1.82) is 0 Å². The van der Waals surface area contributed by atoms with Gasteiger partial charge in [-0.3, -0.25) is 0 Å². The Hall–Kier alpha value is -0.640. The minimum atomic E-state index is 0.396. The number of nitrogens with one attached hydrogen (secondary N) is 1. The molecule has 1 N–H and O–H groups in total. The molecular formula is C13H22BrN3. The maximum atomic E-state index is 4.69. The number of halogens is 1. The van der Waals surface area contributed by atoms with Crippen LogP contribution in [-0.4, -0.2) is 16.5 Å². The van der Waals surface area contributed by atoms with Gasteiger partial charge in [-0.05, 0) is 35.2 Å². The normalized spacial score (nSPS) is 12.9. The van der Waals surface area contributed by atoms with Crippen LogP contribution in [0.1, 0.15) is 64.4 Å². The molecule has 4 heteroatoms. The zero-order valence-electron chi connectivity index (χ0n) is 11.3. The van der Waals surface area contributed by atoms with Gasteiger partial charge in [-0.25, -0.2) is 9.97 Å². The van der Waals surface area contributed by atoms with E-state index in [4.69, 9.17) is 0 Å². The van der Waals surface area contributed by atoms with E-state index in [9.17, 15) is 0 Å². The Bertz CT molecular complexity index is 377. The van der Waals surface area contributed by atoms with Gasteiger partial charge in [0.1, 0.15) is 11.6 Å². The van der Waals surface area contributed by atoms with Crippen LogP contribution < -0.4 is 5.32 Å². The molecule has 0 aliphatic carbocycles. The third-order valence-electron chi connectivity index (χ3n) is 2.84. The molecule has 0 aliphatic heterocycles. The average molecular weight is 300 g/mol. The molecule has 1 atom stereocenters. The van der Waals surface area contributed by atoms with E-state index >= 15 is 0 Å². The molecule has 1 aromatic rings. The first-order chi connectivity index (χ1) is 8.01. The Morgan fingerprint density at radius 3 is 2.29 bits per heavy atom. The molecule has 0 aliphatic rings. The summed E-state index contributed by atoms with van der Waals surface area (Å²) in [6.45, 7) is 11.6. The fourth-order valence-electron chi connectivity index (χ4n) is 1.55. The van der Waals surface area contributed by atoms with Crippen LogP contribution in [0.2, 0.25) is 0 Å². The van der Waals surface area contributed by atoms with E-state index in [0.717, 1.165) is 34.8 Å². The first kappa shape index (κ1) is 14.4. The fourth-order valence-corrected chi connectivity index (χ4v) is 2.33. The van der Waals surface area contributed by atoms with Gasteiger partial charge < -0.3 is 5.32 Å². The van der Waals surface area contributed by atoms with Crippen LogP contribution in [0.25, 0.3) is 0 Å². The van der Waals surface area contributed by atoms with Gasteiger partial charge in [-0.1, -0.05) is 27.7 Å². The Balaban J connectivity index is 3.26.